The highest BCUT2D eigenvalue weighted by molar-refractivity contribution is 5.39. The molecule has 0 amide bonds. The number of halogens is 3. The third-order valence-corrected chi connectivity index (χ3v) is 3.27. The molecule has 7 nitrogen and oxygen atoms in total. The third-order valence-electron chi connectivity index (χ3n) is 3.27. The number of rotatable bonds is 4. The summed E-state index contributed by atoms with van der Waals surface area (Å²) in [4.78, 5) is 11.8. The van der Waals surface area contributed by atoms with Gasteiger partial charge in [0.25, 0.3) is 5.56 Å². The van der Waals surface area contributed by atoms with Crippen LogP contribution in [0.25, 0.3) is 5.65 Å². The Labute approximate surface area is 133 Å². The molecule has 3 aromatic heterocycles. The molecular weight excluding hydrogens is 327 g/mol. The Balaban J connectivity index is 1.82. The van der Waals surface area contributed by atoms with Crippen molar-refractivity contribution in [2.24, 2.45) is 0 Å². The van der Waals surface area contributed by atoms with Crippen molar-refractivity contribution < 1.29 is 17.9 Å². The molecule has 0 aliphatic heterocycles. The van der Waals surface area contributed by atoms with E-state index < -0.39 is 12.8 Å². The largest absolute Gasteiger partial charge is 0.467 e. The molecule has 0 aliphatic carbocycles. The molecule has 0 aromatic carbocycles. The van der Waals surface area contributed by atoms with Crippen LogP contribution in [0, 0.1) is 6.92 Å². The minimum Gasteiger partial charge on any atom is -0.467 e. The van der Waals surface area contributed by atoms with E-state index in [4.69, 9.17) is 0 Å². The van der Waals surface area contributed by atoms with Crippen molar-refractivity contribution in [3.05, 3.63) is 52.2 Å². The first-order chi connectivity index (χ1) is 11.3. The highest BCUT2D eigenvalue weighted by Gasteiger charge is 2.28. The average Bonchev–Trinajstić information content (AvgIpc) is 3.00. The van der Waals surface area contributed by atoms with Crippen molar-refractivity contribution in [1.29, 1.82) is 0 Å². The van der Waals surface area contributed by atoms with E-state index in [1.165, 1.54) is 28.9 Å². The zero-order valence-corrected chi connectivity index (χ0v) is 12.5. The van der Waals surface area contributed by atoms with Crippen LogP contribution in [0.15, 0.2) is 35.3 Å². The lowest BCUT2D eigenvalue weighted by Crippen LogP contribution is -2.21. The van der Waals surface area contributed by atoms with Crippen molar-refractivity contribution in [2.45, 2.75) is 19.6 Å². The number of hydrogen-bond donors (Lipinski definition) is 0. The van der Waals surface area contributed by atoms with E-state index >= 15 is 0 Å². The lowest BCUT2D eigenvalue weighted by atomic mass is 10.3. The molecule has 0 radical (unpaired) electrons. The van der Waals surface area contributed by atoms with Crippen molar-refractivity contribution in [3.63, 3.8) is 0 Å². The summed E-state index contributed by atoms with van der Waals surface area (Å²) in [6, 6.07) is 5.96. The second kappa shape index (κ2) is 5.95. The minimum absolute atomic E-state index is 0.206. The molecule has 10 heteroatoms. The summed E-state index contributed by atoms with van der Waals surface area (Å²) in [6.07, 6.45) is -2.92. The number of aromatic nitrogens is 5. The van der Waals surface area contributed by atoms with Gasteiger partial charge in [-0.2, -0.15) is 22.8 Å². The van der Waals surface area contributed by atoms with Crippen LogP contribution >= 0.6 is 0 Å². The fourth-order valence-corrected chi connectivity index (χ4v) is 2.20. The van der Waals surface area contributed by atoms with Gasteiger partial charge in [-0.3, -0.25) is 4.79 Å². The molecule has 3 heterocycles. The quantitative estimate of drug-likeness (QED) is 0.722. The summed E-state index contributed by atoms with van der Waals surface area (Å²) in [7, 11) is 0. The Kier molecular flexibility index (Phi) is 3.96. The van der Waals surface area contributed by atoms with Crippen LogP contribution in [0.5, 0.6) is 5.88 Å². The summed E-state index contributed by atoms with van der Waals surface area (Å²) in [5.41, 5.74) is 1.54. The normalized spacial score (nSPS) is 11.8. The lowest BCUT2D eigenvalue weighted by Gasteiger charge is -2.12. The standard InChI is InChI=1S/C14H12F3N5O2/c1-9-6-13(23)22-12(4-5-18-22)21(9)7-10-2-3-11(20-19-10)24-8-14(15,16)17/h2-6H,7-8H2,1H3. The predicted molar refractivity (Wildman–Crippen MR) is 76.9 cm³/mol. The van der Waals surface area contributed by atoms with Crippen LogP contribution in [0.4, 0.5) is 13.2 Å². The van der Waals surface area contributed by atoms with Gasteiger partial charge in [-0.05, 0) is 13.0 Å². The molecule has 24 heavy (non-hydrogen) atoms. The maximum absolute atomic E-state index is 12.1. The second-order valence-electron chi connectivity index (χ2n) is 5.08. The van der Waals surface area contributed by atoms with Gasteiger partial charge in [0.1, 0.15) is 5.65 Å². The molecule has 0 unspecified atom stereocenters. The number of nitrogens with zero attached hydrogens (tertiary/aromatic N) is 5. The second-order valence-corrected chi connectivity index (χ2v) is 5.08. The topological polar surface area (TPSA) is 74.3 Å². The van der Waals surface area contributed by atoms with Gasteiger partial charge in [0, 0.05) is 23.9 Å². The Bertz CT molecular complexity index is 915. The summed E-state index contributed by atoms with van der Waals surface area (Å²) in [5.74, 6) is -0.206. The van der Waals surface area contributed by atoms with Gasteiger partial charge < -0.3 is 9.30 Å². The van der Waals surface area contributed by atoms with Crippen LogP contribution in [-0.2, 0) is 6.54 Å². The van der Waals surface area contributed by atoms with Gasteiger partial charge in [-0.15, -0.1) is 10.2 Å². The average molecular weight is 339 g/mol. The SMILES string of the molecule is Cc1cc(=O)n2nccc2n1Cc1ccc(OCC(F)(F)F)nn1. The number of alkyl halides is 3. The van der Waals surface area contributed by atoms with Crippen molar-refractivity contribution in [1.82, 2.24) is 24.4 Å². The Morgan fingerprint density at radius 1 is 1.21 bits per heavy atom. The van der Waals surface area contributed by atoms with E-state index in [0.29, 0.717) is 17.0 Å². The van der Waals surface area contributed by atoms with E-state index in [-0.39, 0.29) is 18.0 Å². The minimum atomic E-state index is -4.43. The van der Waals surface area contributed by atoms with Gasteiger partial charge in [0.05, 0.1) is 18.4 Å². The molecule has 0 saturated heterocycles. The van der Waals surface area contributed by atoms with E-state index in [9.17, 15) is 18.0 Å². The number of fused-ring (bicyclic) bond motifs is 1. The zero-order chi connectivity index (χ0) is 17.3. The van der Waals surface area contributed by atoms with Crippen molar-refractivity contribution >= 4 is 5.65 Å². The predicted octanol–water partition coefficient (Wildman–Crippen LogP) is 1.58. The Morgan fingerprint density at radius 3 is 2.67 bits per heavy atom. The van der Waals surface area contributed by atoms with Crippen LogP contribution in [0.3, 0.4) is 0 Å². The highest BCUT2D eigenvalue weighted by atomic mass is 19.4. The number of hydrogen-bond acceptors (Lipinski definition) is 5. The van der Waals surface area contributed by atoms with Gasteiger partial charge in [0.15, 0.2) is 6.61 Å². The molecule has 0 aliphatic rings. The third kappa shape index (κ3) is 3.36. The van der Waals surface area contributed by atoms with Crippen molar-refractivity contribution in [3.8, 4) is 5.88 Å². The van der Waals surface area contributed by atoms with Crippen LogP contribution in [-0.4, -0.2) is 37.2 Å². The van der Waals surface area contributed by atoms with Gasteiger partial charge >= 0.3 is 6.18 Å². The fraction of sp³-hybridized carbons (Fsp3) is 0.286. The molecule has 126 valence electrons. The summed E-state index contributed by atoms with van der Waals surface area (Å²) < 4.78 is 43.8. The monoisotopic (exact) mass is 339 g/mol. The maximum Gasteiger partial charge on any atom is 0.422 e. The zero-order valence-electron chi connectivity index (χ0n) is 12.5. The van der Waals surface area contributed by atoms with Gasteiger partial charge in [-0.25, -0.2) is 0 Å². The van der Waals surface area contributed by atoms with Crippen LogP contribution in [0.1, 0.15) is 11.4 Å². The first-order valence-corrected chi connectivity index (χ1v) is 6.90. The fourth-order valence-electron chi connectivity index (χ4n) is 2.20. The van der Waals surface area contributed by atoms with Crippen molar-refractivity contribution in [2.75, 3.05) is 6.61 Å². The summed E-state index contributed by atoms with van der Waals surface area (Å²) >= 11 is 0. The highest BCUT2D eigenvalue weighted by Crippen LogP contribution is 2.17. The molecule has 0 fully saturated rings. The summed E-state index contributed by atoms with van der Waals surface area (Å²) in [6.45, 7) is 0.632. The van der Waals surface area contributed by atoms with Gasteiger partial charge in [0.2, 0.25) is 5.88 Å². The molecule has 3 aromatic rings. The molecule has 0 saturated carbocycles. The van der Waals surface area contributed by atoms with Crippen LogP contribution < -0.4 is 10.3 Å². The first-order valence-electron chi connectivity index (χ1n) is 6.90. The number of aryl methyl sites for hydroxylation is 1. The molecule has 0 spiro atoms. The smallest absolute Gasteiger partial charge is 0.422 e. The van der Waals surface area contributed by atoms with Gasteiger partial charge in [-0.1, -0.05) is 0 Å². The molecule has 3 rings (SSSR count). The Morgan fingerprint density at radius 2 is 2.00 bits per heavy atom. The molecule has 0 bridgehead atoms. The molecular formula is C14H12F3N5O2. The molecule has 0 atom stereocenters. The van der Waals surface area contributed by atoms with E-state index in [2.05, 4.69) is 20.0 Å². The van der Waals surface area contributed by atoms with E-state index in [0.717, 1.165) is 0 Å². The maximum atomic E-state index is 12.1. The Hall–Kier alpha value is -2.91. The van der Waals surface area contributed by atoms with E-state index in [1.54, 1.807) is 17.6 Å². The first kappa shape index (κ1) is 16.0. The number of ether oxygens (including phenoxy) is 1. The van der Waals surface area contributed by atoms with E-state index in [1.807, 2.05) is 0 Å². The summed E-state index contributed by atoms with van der Waals surface area (Å²) in [5, 5.41) is 11.4. The molecule has 0 N–H and O–H groups in total. The van der Waals surface area contributed by atoms with Crippen LogP contribution in [0.2, 0.25) is 0 Å². The lowest BCUT2D eigenvalue weighted by molar-refractivity contribution is -0.154.